The largest absolute Gasteiger partial charge is 0.410 e. The highest BCUT2D eigenvalue weighted by molar-refractivity contribution is 6.74. The maximum absolute atomic E-state index is 9.18. The summed E-state index contributed by atoms with van der Waals surface area (Å²) in [6.45, 7) is 13.0. The summed E-state index contributed by atoms with van der Waals surface area (Å²) in [4.78, 5) is 0. The molecule has 4 nitrogen and oxygen atoms in total. The lowest BCUT2D eigenvalue weighted by molar-refractivity contribution is 0.00164. The van der Waals surface area contributed by atoms with Crippen molar-refractivity contribution >= 4 is 8.32 Å². The Morgan fingerprint density at radius 2 is 1.88 bits per heavy atom. The lowest BCUT2D eigenvalue weighted by Gasteiger charge is -2.40. The van der Waals surface area contributed by atoms with Gasteiger partial charge in [-0.1, -0.05) is 20.8 Å². The minimum Gasteiger partial charge on any atom is -0.410 e. The molecule has 1 aliphatic rings. The Balaban J connectivity index is 2.75. The monoisotopic (exact) mass is 261 g/mol. The molecule has 1 heterocycles. The van der Waals surface area contributed by atoms with E-state index in [1.165, 1.54) is 0 Å². The van der Waals surface area contributed by atoms with E-state index in [2.05, 4.69) is 33.9 Å². The third-order valence-corrected chi connectivity index (χ3v) is 8.55. The average molecular weight is 261 g/mol. The van der Waals surface area contributed by atoms with Gasteiger partial charge >= 0.3 is 0 Å². The van der Waals surface area contributed by atoms with Gasteiger partial charge < -0.3 is 20.0 Å². The molecule has 102 valence electrons. The molecule has 0 aromatic carbocycles. The lowest BCUT2D eigenvalue weighted by Crippen LogP contribution is -2.51. The first-order chi connectivity index (χ1) is 7.60. The van der Waals surface area contributed by atoms with Crippen molar-refractivity contribution in [3.8, 4) is 0 Å². The Bertz CT molecular complexity index is 265. The molecule has 0 bridgehead atoms. The molecule has 5 heteroatoms. The van der Waals surface area contributed by atoms with Crippen molar-refractivity contribution in [1.29, 1.82) is 0 Å². The Morgan fingerprint density at radius 1 is 1.35 bits per heavy atom. The average Bonchev–Trinajstić information content (AvgIpc) is 2.43. The lowest BCUT2D eigenvalue weighted by atomic mass is 10.1. The van der Waals surface area contributed by atoms with E-state index in [9.17, 15) is 5.11 Å². The maximum atomic E-state index is 9.18. The van der Waals surface area contributed by atoms with E-state index in [1.807, 2.05) is 6.92 Å². The van der Waals surface area contributed by atoms with Gasteiger partial charge in [-0.25, -0.2) is 0 Å². The Labute approximate surface area is 106 Å². The van der Waals surface area contributed by atoms with E-state index >= 15 is 0 Å². The van der Waals surface area contributed by atoms with Gasteiger partial charge in [0.1, 0.15) is 0 Å². The van der Waals surface area contributed by atoms with Crippen LogP contribution in [0.2, 0.25) is 18.1 Å². The molecule has 0 saturated carbocycles. The first-order valence-electron chi connectivity index (χ1n) is 6.30. The summed E-state index contributed by atoms with van der Waals surface area (Å²) < 4.78 is 11.9. The van der Waals surface area contributed by atoms with Gasteiger partial charge in [-0.05, 0) is 25.1 Å². The molecule has 0 radical (unpaired) electrons. The standard InChI is InChI=1S/C12H27NO3Si/c1-8-11(10(13)9(7-14)15-8)16-17(5,6)12(2,3)4/h8-11,14H,7,13H2,1-6H3/t8-,9+,10-,11?/m0/s1. The smallest absolute Gasteiger partial charge is 0.192 e. The van der Waals surface area contributed by atoms with Crippen LogP contribution in [0.25, 0.3) is 0 Å². The van der Waals surface area contributed by atoms with Crippen LogP contribution in [0.15, 0.2) is 0 Å². The Hall–Kier alpha value is 0.0569. The number of aliphatic hydroxyl groups excluding tert-OH is 1. The Kier molecular flexibility index (Phi) is 4.42. The number of aliphatic hydroxyl groups is 1. The fraction of sp³-hybridized carbons (Fsp3) is 1.00. The van der Waals surface area contributed by atoms with Crippen molar-refractivity contribution < 1.29 is 14.3 Å². The van der Waals surface area contributed by atoms with Crippen molar-refractivity contribution in [2.45, 2.75) is 70.2 Å². The minimum atomic E-state index is -1.84. The van der Waals surface area contributed by atoms with Gasteiger partial charge in [-0.3, -0.25) is 0 Å². The molecule has 1 fully saturated rings. The fourth-order valence-electron chi connectivity index (χ4n) is 1.82. The zero-order chi connectivity index (χ0) is 13.4. The summed E-state index contributed by atoms with van der Waals surface area (Å²) in [7, 11) is -1.84. The van der Waals surface area contributed by atoms with Crippen LogP contribution in [-0.4, -0.2) is 44.4 Å². The van der Waals surface area contributed by atoms with Gasteiger partial charge in [0.05, 0.1) is 31.0 Å². The molecule has 0 amide bonds. The highest BCUT2D eigenvalue weighted by atomic mass is 28.4. The van der Waals surface area contributed by atoms with Crippen LogP contribution in [0.1, 0.15) is 27.7 Å². The van der Waals surface area contributed by atoms with Gasteiger partial charge in [-0.15, -0.1) is 0 Å². The van der Waals surface area contributed by atoms with E-state index in [1.54, 1.807) is 0 Å². The predicted molar refractivity (Wildman–Crippen MR) is 71.5 cm³/mol. The van der Waals surface area contributed by atoms with E-state index in [0.29, 0.717) is 0 Å². The highest BCUT2D eigenvalue weighted by Gasteiger charge is 2.46. The van der Waals surface area contributed by atoms with Crippen LogP contribution in [0.4, 0.5) is 0 Å². The van der Waals surface area contributed by atoms with Crippen LogP contribution in [0.5, 0.6) is 0 Å². The van der Waals surface area contributed by atoms with E-state index < -0.39 is 8.32 Å². The number of hydrogen-bond donors (Lipinski definition) is 2. The fourth-order valence-corrected chi connectivity index (χ4v) is 3.21. The maximum Gasteiger partial charge on any atom is 0.192 e. The topological polar surface area (TPSA) is 64.7 Å². The normalized spacial score (nSPS) is 35.3. The Morgan fingerprint density at radius 3 is 2.24 bits per heavy atom. The van der Waals surface area contributed by atoms with Crippen LogP contribution in [0, 0.1) is 0 Å². The van der Waals surface area contributed by atoms with Gasteiger partial charge in [0.2, 0.25) is 0 Å². The molecule has 4 atom stereocenters. The van der Waals surface area contributed by atoms with Gasteiger partial charge in [0.15, 0.2) is 8.32 Å². The molecule has 0 spiro atoms. The third-order valence-electron chi connectivity index (χ3n) is 4.08. The first kappa shape index (κ1) is 15.1. The van der Waals surface area contributed by atoms with Crippen LogP contribution < -0.4 is 5.73 Å². The molecule has 0 aromatic rings. The molecule has 0 aromatic heterocycles. The van der Waals surface area contributed by atoms with Crippen molar-refractivity contribution in [1.82, 2.24) is 0 Å². The molecule has 1 rings (SSSR count). The second kappa shape index (κ2) is 4.97. The zero-order valence-electron chi connectivity index (χ0n) is 11.9. The number of rotatable bonds is 3. The number of ether oxygens (including phenoxy) is 1. The van der Waals surface area contributed by atoms with Crippen LogP contribution in [-0.2, 0) is 9.16 Å². The third kappa shape index (κ3) is 3.09. The molecule has 17 heavy (non-hydrogen) atoms. The van der Waals surface area contributed by atoms with Crippen LogP contribution >= 0.6 is 0 Å². The molecular formula is C12H27NO3Si. The minimum absolute atomic E-state index is 0.0388. The van der Waals surface area contributed by atoms with Crippen LogP contribution in [0.3, 0.4) is 0 Å². The summed E-state index contributed by atoms with van der Waals surface area (Å²) >= 11 is 0. The molecule has 1 aliphatic heterocycles. The molecular weight excluding hydrogens is 234 g/mol. The van der Waals surface area contributed by atoms with E-state index in [-0.39, 0.29) is 36.0 Å². The van der Waals surface area contributed by atoms with Crippen molar-refractivity contribution in [2.75, 3.05) is 6.61 Å². The highest BCUT2D eigenvalue weighted by Crippen LogP contribution is 2.39. The molecule has 0 aliphatic carbocycles. The van der Waals surface area contributed by atoms with Gasteiger partial charge in [-0.2, -0.15) is 0 Å². The summed E-state index contributed by atoms with van der Waals surface area (Å²) in [6, 6.07) is -0.232. The summed E-state index contributed by atoms with van der Waals surface area (Å²) in [5.41, 5.74) is 6.09. The SMILES string of the molecule is C[C@@H]1O[C@H](CO)[C@H](N)C1O[Si](C)(C)C(C)(C)C. The second-order valence-electron chi connectivity index (χ2n) is 6.48. The van der Waals surface area contributed by atoms with Crippen molar-refractivity contribution in [2.24, 2.45) is 5.73 Å². The van der Waals surface area contributed by atoms with Crippen molar-refractivity contribution in [3.05, 3.63) is 0 Å². The number of hydrogen-bond acceptors (Lipinski definition) is 4. The summed E-state index contributed by atoms with van der Waals surface area (Å²) in [6.07, 6.45) is -0.441. The van der Waals surface area contributed by atoms with Crippen molar-refractivity contribution in [3.63, 3.8) is 0 Å². The summed E-state index contributed by atoms with van der Waals surface area (Å²) in [5, 5.41) is 9.34. The molecule has 1 saturated heterocycles. The van der Waals surface area contributed by atoms with Gasteiger partial charge in [0, 0.05) is 0 Å². The molecule has 1 unspecified atom stereocenters. The number of nitrogens with two attached hydrogens (primary N) is 1. The molecule has 3 N–H and O–H groups in total. The quantitative estimate of drug-likeness (QED) is 0.755. The second-order valence-corrected chi connectivity index (χ2v) is 11.2. The van der Waals surface area contributed by atoms with E-state index in [0.717, 1.165) is 0 Å². The predicted octanol–water partition coefficient (Wildman–Crippen LogP) is 1.48. The van der Waals surface area contributed by atoms with Gasteiger partial charge in [0.25, 0.3) is 0 Å². The van der Waals surface area contributed by atoms with E-state index in [4.69, 9.17) is 14.9 Å². The summed E-state index contributed by atoms with van der Waals surface area (Å²) in [5.74, 6) is 0. The zero-order valence-corrected chi connectivity index (χ0v) is 12.9. The first-order valence-corrected chi connectivity index (χ1v) is 9.20.